The van der Waals surface area contributed by atoms with Gasteiger partial charge in [0.2, 0.25) is 0 Å². The Kier molecular flexibility index (Phi) is 2.05. The molecule has 2 rings (SSSR count). The minimum Gasteiger partial charge on any atom is -0.493 e. The number of hydrogen-bond donors (Lipinski definition) is 1. The fourth-order valence-corrected chi connectivity index (χ4v) is 1.44. The summed E-state index contributed by atoms with van der Waals surface area (Å²) in [5.74, 6) is 0.975. The number of fused-ring (bicyclic) bond motifs is 1. The summed E-state index contributed by atoms with van der Waals surface area (Å²) in [5.41, 5.74) is 2.22. The molecule has 0 aliphatic carbocycles. The molecule has 0 atom stereocenters. The van der Waals surface area contributed by atoms with Crippen molar-refractivity contribution in [2.45, 2.75) is 6.42 Å². The molecule has 3 nitrogen and oxygen atoms in total. The maximum Gasteiger partial charge on any atom is 0.122 e. The van der Waals surface area contributed by atoms with Crippen LogP contribution in [-0.2, 0) is 6.42 Å². The average molecular weight is 174 g/mol. The second kappa shape index (κ2) is 3.36. The molecule has 3 heteroatoms. The number of ether oxygens (including phenoxy) is 1. The van der Waals surface area contributed by atoms with Gasteiger partial charge in [-0.1, -0.05) is 0 Å². The summed E-state index contributed by atoms with van der Waals surface area (Å²) in [6, 6.07) is 7.96. The highest BCUT2D eigenvalue weighted by molar-refractivity contribution is 5.52. The molecule has 1 aromatic rings. The number of hydrogen-bond acceptors (Lipinski definition) is 3. The van der Waals surface area contributed by atoms with Crippen molar-refractivity contribution < 1.29 is 4.74 Å². The molecule has 0 aromatic heterocycles. The van der Waals surface area contributed by atoms with Gasteiger partial charge in [-0.25, -0.2) is 0 Å². The highest BCUT2D eigenvalue weighted by Gasteiger charge is 2.11. The second-order valence-electron chi connectivity index (χ2n) is 2.93. The van der Waals surface area contributed by atoms with Gasteiger partial charge in [-0.15, -0.1) is 0 Å². The van der Waals surface area contributed by atoms with Gasteiger partial charge in [-0.2, -0.15) is 5.26 Å². The van der Waals surface area contributed by atoms with Crippen molar-refractivity contribution in [3.63, 3.8) is 0 Å². The topological polar surface area (TPSA) is 45.0 Å². The van der Waals surface area contributed by atoms with Gasteiger partial charge >= 0.3 is 0 Å². The van der Waals surface area contributed by atoms with E-state index < -0.39 is 0 Å². The van der Waals surface area contributed by atoms with Crippen LogP contribution in [0.25, 0.3) is 0 Å². The Balaban J connectivity index is 2.17. The van der Waals surface area contributed by atoms with E-state index in [1.54, 1.807) is 0 Å². The van der Waals surface area contributed by atoms with Gasteiger partial charge < -0.3 is 10.1 Å². The molecular weight excluding hydrogens is 164 g/mol. The Labute approximate surface area is 76.9 Å². The van der Waals surface area contributed by atoms with Gasteiger partial charge in [0.25, 0.3) is 0 Å². The third-order valence-corrected chi connectivity index (χ3v) is 2.06. The third kappa shape index (κ3) is 1.57. The van der Waals surface area contributed by atoms with E-state index in [1.807, 2.05) is 24.3 Å². The maximum atomic E-state index is 8.38. The van der Waals surface area contributed by atoms with Crippen molar-refractivity contribution >= 4 is 5.69 Å². The number of nitrogens with zero attached hydrogens (tertiary/aromatic N) is 1. The maximum absolute atomic E-state index is 8.38. The lowest BCUT2D eigenvalue weighted by Crippen LogP contribution is -1.98. The largest absolute Gasteiger partial charge is 0.493 e. The molecule has 66 valence electrons. The molecule has 0 saturated carbocycles. The van der Waals surface area contributed by atoms with Crippen molar-refractivity contribution in [3.05, 3.63) is 23.8 Å². The molecule has 1 N–H and O–H groups in total. The summed E-state index contributed by atoms with van der Waals surface area (Å²) >= 11 is 0. The van der Waals surface area contributed by atoms with E-state index in [9.17, 15) is 0 Å². The van der Waals surface area contributed by atoms with E-state index in [1.165, 1.54) is 5.56 Å². The van der Waals surface area contributed by atoms with Gasteiger partial charge in [0, 0.05) is 12.1 Å². The van der Waals surface area contributed by atoms with E-state index in [0.29, 0.717) is 6.54 Å². The lowest BCUT2D eigenvalue weighted by atomic mass is 10.1. The minimum atomic E-state index is 0.347. The molecule has 13 heavy (non-hydrogen) atoms. The van der Waals surface area contributed by atoms with Crippen LogP contribution in [0.4, 0.5) is 5.69 Å². The van der Waals surface area contributed by atoms with Crippen LogP contribution in [-0.4, -0.2) is 13.2 Å². The molecule has 0 fully saturated rings. The van der Waals surface area contributed by atoms with Crippen LogP contribution in [0.2, 0.25) is 0 Å². The molecule has 0 radical (unpaired) electrons. The van der Waals surface area contributed by atoms with Crippen LogP contribution in [0.3, 0.4) is 0 Å². The lowest BCUT2D eigenvalue weighted by Gasteiger charge is -2.03. The summed E-state index contributed by atoms with van der Waals surface area (Å²) in [6.07, 6.45) is 0.970. The zero-order valence-electron chi connectivity index (χ0n) is 7.21. The first kappa shape index (κ1) is 7.93. The van der Waals surface area contributed by atoms with Gasteiger partial charge in [0.15, 0.2) is 0 Å². The molecule has 0 unspecified atom stereocenters. The van der Waals surface area contributed by atoms with E-state index in [-0.39, 0.29) is 0 Å². The van der Waals surface area contributed by atoms with Gasteiger partial charge in [-0.3, -0.25) is 0 Å². The van der Waals surface area contributed by atoms with E-state index in [0.717, 1.165) is 24.5 Å². The van der Waals surface area contributed by atoms with Gasteiger partial charge in [-0.05, 0) is 23.8 Å². The summed E-state index contributed by atoms with van der Waals surface area (Å²) in [4.78, 5) is 0. The molecule has 1 aliphatic rings. The van der Waals surface area contributed by atoms with Crippen molar-refractivity contribution in [3.8, 4) is 11.8 Å². The summed E-state index contributed by atoms with van der Waals surface area (Å²) in [6.45, 7) is 1.12. The smallest absolute Gasteiger partial charge is 0.122 e. The first-order valence-corrected chi connectivity index (χ1v) is 4.27. The first-order chi connectivity index (χ1) is 6.40. The predicted molar refractivity (Wildman–Crippen MR) is 49.7 cm³/mol. The van der Waals surface area contributed by atoms with Crippen LogP contribution in [0, 0.1) is 11.3 Å². The average Bonchev–Trinajstić information content (AvgIpc) is 2.61. The van der Waals surface area contributed by atoms with Crippen molar-refractivity contribution in [2.24, 2.45) is 0 Å². The van der Waals surface area contributed by atoms with Crippen LogP contribution >= 0.6 is 0 Å². The molecule has 0 bridgehead atoms. The molecular formula is C10H10N2O. The minimum absolute atomic E-state index is 0.347. The SMILES string of the molecule is N#CCNc1ccc2c(c1)CCO2. The van der Waals surface area contributed by atoms with Gasteiger partial charge in [0.05, 0.1) is 12.7 Å². The molecule has 1 heterocycles. The highest BCUT2D eigenvalue weighted by atomic mass is 16.5. The monoisotopic (exact) mass is 174 g/mol. The Morgan fingerprint density at radius 2 is 2.46 bits per heavy atom. The fraction of sp³-hybridized carbons (Fsp3) is 0.300. The Morgan fingerprint density at radius 1 is 1.54 bits per heavy atom. The Hall–Kier alpha value is -1.69. The van der Waals surface area contributed by atoms with Crippen molar-refractivity contribution in [2.75, 3.05) is 18.5 Å². The molecule has 0 amide bonds. The Bertz CT molecular complexity index is 354. The fourth-order valence-electron chi connectivity index (χ4n) is 1.44. The summed E-state index contributed by atoms with van der Waals surface area (Å²) in [7, 11) is 0. The summed E-state index contributed by atoms with van der Waals surface area (Å²) < 4.78 is 5.37. The highest BCUT2D eigenvalue weighted by Crippen LogP contribution is 2.27. The predicted octanol–water partition coefficient (Wildman–Crippen LogP) is 1.56. The first-order valence-electron chi connectivity index (χ1n) is 4.27. The quantitative estimate of drug-likeness (QED) is 0.692. The number of nitrogens with one attached hydrogen (secondary N) is 1. The van der Waals surface area contributed by atoms with Crippen LogP contribution in [0.15, 0.2) is 18.2 Å². The van der Waals surface area contributed by atoms with Gasteiger partial charge in [0.1, 0.15) is 12.3 Å². The number of nitriles is 1. The summed E-state index contributed by atoms with van der Waals surface area (Å²) in [5, 5.41) is 11.4. The standard InChI is InChI=1S/C10H10N2O/c11-4-5-12-9-1-2-10-8(7-9)3-6-13-10/h1-2,7,12H,3,5-6H2. The van der Waals surface area contributed by atoms with Crippen LogP contribution in [0.5, 0.6) is 5.75 Å². The molecule has 0 saturated heterocycles. The van der Waals surface area contributed by atoms with Crippen LogP contribution in [0.1, 0.15) is 5.56 Å². The van der Waals surface area contributed by atoms with E-state index in [2.05, 4.69) is 5.32 Å². The van der Waals surface area contributed by atoms with Crippen molar-refractivity contribution in [1.29, 1.82) is 5.26 Å². The third-order valence-electron chi connectivity index (χ3n) is 2.06. The van der Waals surface area contributed by atoms with Crippen molar-refractivity contribution in [1.82, 2.24) is 0 Å². The molecule has 0 spiro atoms. The molecule has 1 aromatic carbocycles. The normalized spacial score (nSPS) is 12.8. The number of rotatable bonds is 2. The zero-order valence-corrected chi connectivity index (χ0v) is 7.21. The zero-order chi connectivity index (χ0) is 9.10. The van der Waals surface area contributed by atoms with Crippen LogP contribution < -0.4 is 10.1 Å². The Morgan fingerprint density at radius 3 is 3.31 bits per heavy atom. The lowest BCUT2D eigenvalue weighted by molar-refractivity contribution is 0.357. The second-order valence-corrected chi connectivity index (χ2v) is 2.93. The van der Waals surface area contributed by atoms with E-state index >= 15 is 0 Å². The number of benzene rings is 1. The molecule has 1 aliphatic heterocycles. The van der Waals surface area contributed by atoms with E-state index in [4.69, 9.17) is 10.00 Å². The number of anilines is 1.